The fourth-order valence-corrected chi connectivity index (χ4v) is 5.65. The highest BCUT2D eigenvalue weighted by atomic mass is 32.1. The van der Waals surface area contributed by atoms with Crippen molar-refractivity contribution in [1.29, 1.82) is 0 Å². The minimum absolute atomic E-state index is 0.398. The maximum atomic E-state index is 4.76. The number of fused-ring (bicyclic) bond motifs is 5. The lowest BCUT2D eigenvalue weighted by atomic mass is 9.91. The minimum Gasteiger partial charge on any atom is -0.359 e. The van der Waals surface area contributed by atoms with E-state index < -0.39 is 0 Å². The highest BCUT2D eigenvalue weighted by molar-refractivity contribution is 7.22. The Hall–Kier alpha value is -3.11. The van der Waals surface area contributed by atoms with E-state index >= 15 is 0 Å². The second-order valence-corrected chi connectivity index (χ2v) is 9.91. The zero-order valence-corrected chi connectivity index (χ0v) is 20.0. The molecule has 0 bridgehead atoms. The topological polar surface area (TPSA) is 40.7 Å². The molecule has 0 aliphatic heterocycles. The first kappa shape index (κ1) is 20.8. The molecule has 0 spiro atoms. The average Bonchev–Trinajstić information content (AvgIpc) is 3.40. The van der Waals surface area contributed by atoms with Crippen molar-refractivity contribution in [2.45, 2.75) is 40.5 Å². The molecule has 1 aliphatic rings. The van der Waals surface area contributed by atoms with Gasteiger partial charge in [-0.3, -0.25) is 0 Å². The Morgan fingerprint density at radius 2 is 1.94 bits per heavy atom. The quantitative estimate of drug-likeness (QED) is 0.338. The van der Waals surface area contributed by atoms with Gasteiger partial charge in [-0.15, -0.1) is 11.3 Å². The van der Waals surface area contributed by atoms with Gasteiger partial charge in [0, 0.05) is 32.2 Å². The number of aromatic amines is 1. The molecule has 0 atom stereocenters. The maximum absolute atomic E-state index is 4.76. The largest absolute Gasteiger partial charge is 0.359 e. The van der Waals surface area contributed by atoms with Crippen molar-refractivity contribution in [3.8, 4) is 21.7 Å². The second kappa shape index (κ2) is 8.10. The number of hydrogen-bond acceptors (Lipinski definition) is 3. The van der Waals surface area contributed by atoms with Gasteiger partial charge in [0.1, 0.15) is 5.82 Å². The van der Waals surface area contributed by atoms with E-state index in [9.17, 15) is 0 Å². The molecule has 0 saturated carbocycles. The Labute approximate surface area is 193 Å². The molecule has 2 aromatic heterocycles. The normalized spacial score (nSPS) is 13.3. The first-order chi connectivity index (χ1) is 15.4. The average molecular weight is 440 g/mol. The molecule has 32 heavy (non-hydrogen) atoms. The SMILES string of the molecule is C=C(N/C(=C\C)c1ccc(-c2cc3ccc4c(c3s2)CCc2[nH]c(C)nc2-4)cc1)C(C)C. The number of hydrogen-bond donors (Lipinski definition) is 2. The summed E-state index contributed by atoms with van der Waals surface area (Å²) in [5.74, 6) is 1.40. The van der Waals surface area contributed by atoms with Crippen molar-refractivity contribution in [2.75, 3.05) is 0 Å². The molecule has 3 nitrogen and oxygen atoms in total. The summed E-state index contributed by atoms with van der Waals surface area (Å²) in [4.78, 5) is 9.50. The van der Waals surface area contributed by atoms with Crippen LogP contribution < -0.4 is 5.32 Å². The number of rotatable bonds is 5. The molecule has 4 aromatic rings. The van der Waals surface area contributed by atoms with Gasteiger partial charge in [0.25, 0.3) is 0 Å². The summed E-state index contributed by atoms with van der Waals surface area (Å²) in [6.45, 7) is 12.6. The molecule has 2 heterocycles. The minimum atomic E-state index is 0.398. The molecule has 5 rings (SSSR count). The van der Waals surface area contributed by atoms with E-state index in [1.807, 2.05) is 18.3 Å². The van der Waals surface area contributed by atoms with Crippen LogP contribution in [0.2, 0.25) is 0 Å². The van der Waals surface area contributed by atoms with Crippen LogP contribution in [0.15, 0.2) is 60.8 Å². The van der Waals surface area contributed by atoms with Crippen molar-refractivity contribution in [3.63, 3.8) is 0 Å². The monoisotopic (exact) mass is 439 g/mol. The van der Waals surface area contributed by atoms with E-state index in [4.69, 9.17) is 4.98 Å². The van der Waals surface area contributed by atoms with E-state index in [-0.39, 0.29) is 0 Å². The van der Waals surface area contributed by atoms with Crippen molar-refractivity contribution in [1.82, 2.24) is 15.3 Å². The summed E-state index contributed by atoms with van der Waals surface area (Å²) < 4.78 is 1.40. The predicted molar refractivity (Wildman–Crippen MR) is 138 cm³/mol. The Bertz CT molecular complexity index is 1350. The van der Waals surface area contributed by atoms with Crippen LogP contribution in [0.1, 0.15) is 43.4 Å². The van der Waals surface area contributed by atoms with Crippen LogP contribution in [0.4, 0.5) is 0 Å². The number of imidazole rings is 1. The standard InChI is InChI=1S/C28H29N3S/c1-6-24(29-17(4)16(2)3)19-7-9-20(10-8-19)26-15-21-11-12-22-23(28(21)32-26)13-14-25-27(22)31-18(5)30-25/h6-12,15-16,29H,4,13-14H2,1-3,5H3,(H,30,31)/b24-6-. The first-order valence-electron chi connectivity index (χ1n) is 11.3. The molecule has 4 heteroatoms. The summed E-state index contributed by atoms with van der Waals surface area (Å²) in [6.07, 6.45) is 4.21. The van der Waals surface area contributed by atoms with Gasteiger partial charge in [-0.1, -0.05) is 62.9 Å². The second-order valence-electron chi connectivity index (χ2n) is 8.85. The van der Waals surface area contributed by atoms with Gasteiger partial charge < -0.3 is 10.3 Å². The van der Waals surface area contributed by atoms with Gasteiger partial charge in [-0.05, 0) is 60.7 Å². The fourth-order valence-electron chi connectivity index (χ4n) is 4.41. The van der Waals surface area contributed by atoms with Crippen molar-refractivity contribution >= 4 is 27.1 Å². The lowest BCUT2D eigenvalue weighted by Gasteiger charge is -2.16. The highest BCUT2D eigenvalue weighted by Gasteiger charge is 2.22. The number of aryl methyl sites for hydroxylation is 3. The van der Waals surface area contributed by atoms with E-state index in [1.165, 1.54) is 42.9 Å². The van der Waals surface area contributed by atoms with E-state index in [2.05, 4.69) is 86.2 Å². The van der Waals surface area contributed by atoms with Crippen molar-refractivity contribution in [2.24, 2.45) is 5.92 Å². The Balaban J connectivity index is 1.48. The van der Waals surface area contributed by atoms with Gasteiger partial charge in [-0.25, -0.2) is 4.98 Å². The summed E-state index contributed by atoms with van der Waals surface area (Å²) in [6, 6.07) is 15.7. The highest BCUT2D eigenvalue weighted by Crippen LogP contribution is 2.42. The molecule has 2 aromatic carbocycles. The first-order valence-corrected chi connectivity index (χ1v) is 12.1. The molecule has 162 valence electrons. The molecule has 0 amide bonds. The van der Waals surface area contributed by atoms with Gasteiger partial charge in [0.15, 0.2) is 0 Å². The Kier molecular flexibility index (Phi) is 5.26. The zero-order valence-electron chi connectivity index (χ0n) is 19.2. The summed E-state index contributed by atoms with van der Waals surface area (Å²) in [5, 5.41) is 4.79. The van der Waals surface area contributed by atoms with Crippen LogP contribution in [-0.4, -0.2) is 9.97 Å². The molecule has 2 N–H and O–H groups in total. The third kappa shape index (κ3) is 3.59. The van der Waals surface area contributed by atoms with Crippen LogP contribution in [0, 0.1) is 12.8 Å². The van der Waals surface area contributed by atoms with Gasteiger partial charge >= 0.3 is 0 Å². The van der Waals surface area contributed by atoms with E-state index in [0.717, 1.165) is 35.8 Å². The van der Waals surface area contributed by atoms with E-state index in [0.29, 0.717) is 5.92 Å². The molecule has 1 aliphatic carbocycles. The van der Waals surface area contributed by atoms with Crippen LogP contribution in [-0.2, 0) is 12.8 Å². The third-order valence-electron chi connectivity index (χ3n) is 6.33. The zero-order chi connectivity index (χ0) is 22.4. The summed E-state index contributed by atoms with van der Waals surface area (Å²) in [5.41, 5.74) is 9.72. The number of thiophene rings is 1. The van der Waals surface area contributed by atoms with Crippen LogP contribution in [0.25, 0.3) is 37.5 Å². The Morgan fingerprint density at radius 1 is 1.16 bits per heavy atom. The molecular formula is C28H29N3S. The van der Waals surface area contributed by atoms with Crippen molar-refractivity contribution in [3.05, 3.63) is 83.5 Å². The number of H-pyrrole nitrogens is 1. The number of benzene rings is 2. The van der Waals surface area contributed by atoms with Gasteiger partial charge in [0.2, 0.25) is 0 Å². The summed E-state index contributed by atoms with van der Waals surface area (Å²) in [7, 11) is 0. The summed E-state index contributed by atoms with van der Waals surface area (Å²) >= 11 is 1.90. The predicted octanol–water partition coefficient (Wildman–Crippen LogP) is 7.49. The number of nitrogens with zero attached hydrogens (tertiary/aromatic N) is 1. The van der Waals surface area contributed by atoms with Crippen LogP contribution in [0.3, 0.4) is 0 Å². The molecule has 0 radical (unpaired) electrons. The van der Waals surface area contributed by atoms with Gasteiger partial charge in [-0.2, -0.15) is 0 Å². The fraction of sp³-hybridized carbons (Fsp3) is 0.250. The number of nitrogens with one attached hydrogen (secondary N) is 2. The lowest BCUT2D eigenvalue weighted by molar-refractivity contribution is 0.724. The molecule has 0 saturated heterocycles. The lowest BCUT2D eigenvalue weighted by Crippen LogP contribution is -2.14. The Morgan fingerprint density at radius 3 is 2.66 bits per heavy atom. The molecule has 0 fully saturated rings. The molecular weight excluding hydrogens is 410 g/mol. The maximum Gasteiger partial charge on any atom is 0.103 e. The molecule has 0 unspecified atom stereocenters. The smallest absolute Gasteiger partial charge is 0.103 e. The third-order valence-corrected chi connectivity index (χ3v) is 7.59. The van der Waals surface area contributed by atoms with E-state index in [1.54, 1.807) is 0 Å². The number of allylic oxidation sites excluding steroid dienone is 2. The van der Waals surface area contributed by atoms with Crippen LogP contribution >= 0.6 is 11.3 Å². The number of aromatic nitrogens is 2. The van der Waals surface area contributed by atoms with Crippen LogP contribution in [0.5, 0.6) is 0 Å². The van der Waals surface area contributed by atoms with Gasteiger partial charge in [0.05, 0.1) is 5.69 Å². The van der Waals surface area contributed by atoms with Crippen molar-refractivity contribution < 1.29 is 0 Å².